The van der Waals surface area contributed by atoms with E-state index in [1.54, 1.807) is 30.5 Å². The fraction of sp³-hybridized carbons (Fsp3) is 0.107. The molecule has 4 aromatic rings. The lowest BCUT2D eigenvalue weighted by Gasteiger charge is -2.12. The summed E-state index contributed by atoms with van der Waals surface area (Å²) in [7, 11) is 0. The van der Waals surface area contributed by atoms with Crippen LogP contribution in [-0.2, 0) is 0 Å². The second kappa shape index (κ2) is 12.2. The van der Waals surface area contributed by atoms with Crippen LogP contribution in [0.5, 0.6) is 0 Å². The van der Waals surface area contributed by atoms with Crippen LogP contribution in [0.2, 0.25) is 5.02 Å². The number of amides is 2. The zero-order valence-electron chi connectivity index (χ0n) is 20.5. The molecule has 0 aliphatic carbocycles. The Morgan fingerprint density at radius 3 is 2.44 bits per heavy atom. The number of aliphatic hydroxyl groups excluding tert-OH is 1. The third-order valence-corrected chi connectivity index (χ3v) is 6.89. The predicted molar refractivity (Wildman–Crippen MR) is 147 cm³/mol. The van der Waals surface area contributed by atoms with Gasteiger partial charge in [-0.2, -0.15) is 0 Å². The average molecular weight is 570 g/mol. The zero-order valence-corrected chi connectivity index (χ0v) is 22.1. The number of aryl methyl sites for hydroxylation is 1. The Hall–Kier alpha value is -4.12. The van der Waals surface area contributed by atoms with Crippen LogP contribution in [0.4, 0.5) is 25.8 Å². The van der Waals surface area contributed by atoms with Crippen LogP contribution >= 0.6 is 22.9 Å². The highest BCUT2D eigenvalue weighted by molar-refractivity contribution is 7.12. The molecule has 0 saturated heterocycles. The van der Waals surface area contributed by atoms with Gasteiger partial charge in [-0.3, -0.25) is 14.4 Å². The van der Waals surface area contributed by atoms with Gasteiger partial charge in [0, 0.05) is 40.4 Å². The Balaban J connectivity index is 1.50. The van der Waals surface area contributed by atoms with Crippen molar-refractivity contribution in [3.05, 3.63) is 110 Å². The minimum absolute atomic E-state index is 0.0460. The van der Waals surface area contributed by atoms with Crippen molar-refractivity contribution < 1.29 is 28.3 Å². The van der Waals surface area contributed by atoms with Gasteiger partial charge >= 0.3 is 0 Å². The molecule has 3 aromatic carbocycles. The number of thiophene rings is 1. The predicted octanol–water partition coefficient (Wildman–Crippen LogP) is 5.94. The van der Waals surface area contributed by atoms with Crippen molar-refractivity contribution in [1.29, 1.82) is 0 Å². The van der Waals surface area contributed by atoms with Crippen LogP contribution in [0.15, 0.2) is 66.0 Å². The van der Waals surface area contributed by atoms with Crippen molar-refractivity contribution in [1.82, 2.24) is 5.32 Å². The molecule has 0 aliphatic rings. The fourth-order valence-corrected chi connectivity index (χ4v) is 4.68. The SMILES string of the molecule is Cc1ccc(C(=O)Nc2csc(C(=O)NCCO)c2)cc1C(=O)c1ccc(Nc2ccc(F)cc2F)cc1Cl. The van der Waals surface area contributed by atoms with Gasteiger partial charge in [0.2, 0.25) is 0 Å². The Bertz CT molecular complexity index is 1570. The Morgan fingerprint density at radius 2 is 1.72 bits per heavy atom. The van der Waals surface area contributed by atoms with Crippen LogP contribution in [0.25, 0.3) is 0 Å². The highest BCUT2D eigenvalue weighted by atomic mass is 35.5. The number of ketones is 1. The molecule has 0 atom stereocenters. The molecule has 0 aliphatic heterocycles. The van der Waals surface area contributed by atoms with E-state index in [1.165, 1.54) is 30.3 Å². The van der Waals surface area contributed by atoms with E-state index in [-0.39, 0.29) is 46.5 Å². The molecule has 200 valence electrons. The lowest BCUT2D eigenvalue weighted by Crippen LogP contribution is -2.25. The van der Waals surface area contributed by atoms with E-state index in [4.69, 9.17) is 16.7 Å². The van der Waals surface area contributed by atoms with Gasteiger partial charge in [0.1, 0.15) is 11.6 Å². The Kier molecular flexibility index (Phi) is 8.70. The maximum Gasteiger partial charge on any atom is 0.261 e. The van der Waals surface area contributed by atoms with Crippen LogP contribution in [-0.4, -0.2) is 35.9 Å². The molecule has 0 fully saturated rings. The first-order valence-corrected chi connectivity index (χ1v) is 12.9. The normalized spacial score (nSPS) is 10.7. The maximum absolute atomic E-state index is 14.0. The molecule has 1 heterocycles. The number of carbonyl (C=O) groups excluding carboxylic acids is 3. The van der Waals surface area contributed by atoms with E-state index in [0.717, 1.165) is 23.5 Å². The molecule has 4 N–H and O–H groups in total. The number of hydrogen-bond donors (Lipinski definition) is 4. The molecule has 39 heavy (non-hydrogen) atoms. The van der Waals surface area contributed by atoms with Gasteiger partial charge in [-0.25, -0.2) is 8.78 Å². The Morgan fingerprint density at radius 1 is 0.923 bits per heavy atom. The standard InChI is InChI=1S/C28H22ClF2N3O4S/c1-15-2-3-16(27(37)34-19-13-25(39-14-19)28(38)32-8-9-35)10-21(15)26(36)20-6-5-18(12-22(20)29)33-24-7-4-17(30)11-23(24)31/h2-7,10-14,33,35H,8-9H2,1H3,(H,32,38)(H,34,37). The quantitative estimate of drug-likeness (QED) is 0.187. The van der Waals surface area contributed by atoms with Gasteiger partial charge in [-0.15, -0.1) is 11.3 Å². The van der Waals surface area contributed by atoms with E-state index in [2.05, 4.69) is 16.0 Å². The van der Waals surface area contributed by atoms with E-state index in [1.807, 2.05) is 0 Å². The summed E-state index contributed by atoms with van der Waals surface area (Å²) in [5, 5.41) is 18.6. The lowest BCUT2D eigenvalue weighted by atomic mass is 9.96. The molecule has 1 aromatic heterocycles. The van der Waals surface area contributed by atoms with Crippen LogP contribution in [0.1, 0.15) is 41.5 Å². The molecule has 0 saturated carbocycles. The second-order valence-electron chi connectivity index (χ2n) is 8.44. The van der Waals surface area contributed by atoms with E-state index in [0.29, 0.717) is 21.8 Å². The van der Waals surface area contributed by atoms with Crippen LogP contribution < -0.4 is 16.0 Å². The Labute approximate surface area is 231 Å². The summed E-state index contributed by atoms with van der Waals surface area (Å²) in [6.07, 6.45) is 0. The average Bonchev–Trinajstić information content (AvgIpc) is 3.37. The summed E-state index contributed by atoms with van der Waals surface area (Å²) in [5.74, 6) is -2.73. The summed E-state index contributed by atoms with van der Waals surface area (Å²) in [5.41, 5.74) is 2.15. The largest absolute Gasteiger partial charge is 0.395 e. The summed E-state index contributed by atoms with van der Waals surface area (Å²) in [6.45, 7) is 1.66. The first kappa shape index (κ1) is 27.9. The van der Waals surface area contributed by atoms with Gasteiger partial charge < -0.3 is 21.1 Å². The van der Waals surface area contributed by atoms with E-state index in [9.17, 15) is 23.2 Å². The maximum atomic E-state index is 14.0. The molecule has 0 bridgehead atoms. The third-order valence-electron chi connectivity index (χ3n) is 5.65. The highest BCUT2D eigenvalue weighted by Crippen LogP contribution is 2.28. The van der Waals surface area contributed by atoms with Crippen molar-refractivity contribution >= 4 is 57.6 Å². The highest BCUT2D eigenvalue weighted by Gasteiger charge is 2.19. The van der Waals surface area contributed by atoms with Crippen molar-refractivity contribution in [2.75, 3.05) is 23.8 Å². The van der Waals surface area contributed by atoms with Gasteiger partial charge in [0.15, 0.2) is 5.78 Å². The first-order valence-electron chi connectivity index (χ1n) is 11.6. The van der Waals surface area contributed by atoms with Crippen molar-refractivity contribution in [2.24, 2.45) is 0 Å². The van der Waals surface area contributed by atoms with Crippen molar-refractivity contribution in [3.8, 4) is 0 Å². The lowest BCUT2D eigenvalue weighted by molar-refractivity contribution is 0.0947. The van der Waals surface area contributed by atoms with Gasteiger partial charge in [0.05, 0.1) is 27.9 Å². The van der Waals surface area contributed by atoms with Crippen molar-refractivity contribution in [2.45, 2.75) is 6.92 Å². The zero-order chi connectivity index (χ0) is 28.1. The molecular formula is C28H22ClF2N3O4S. The molecular weight excluding hydrogens is 548 g/mol. The second-order valence-corrected chi connectivity index (χ2v) is 9.75. The van der Waals surface area contributed by atoms with Gasteiger partial charge in [-0.1, -0.05) is 17.7 Å². The first-order chi connectivity index (χ1) is 18.7. The third kappa shape index (κ3) is 6.66. The number of aliphatic hydroxyl groups is 1. The monoisotopic (exact) mass is 569 g/mol. The molecule has 4 rings (SSSR count). The van der Waals surface area contributed by atoms with Crippen LogP contribution in [0.3, 0.4) is 0 Å². The summed E-state index contributed by atoms with van der Waals surface area (Å²) < 4.78 is 27.2. The van der Waals surface area contributed by atoms with Crippen molar-refractivity contribution in [3.63, 3.8) is 0 Å². The number of benzene rings is 3. The number of carbonyl (C=O) groups is 3. The number of nitrogens with one attached hydrogen (secondary N) is 3. The van der Waals surface area contributed by atoms with E-state index < -0.39 is 23.3 Å². The number of anilines is 3. The van der Waals surface area contributed by atoms with Gasteiger partial charge in [-0.05, 0) is 61.0 Å². The minimum Gasteiger partial charge on any atom is -0.395 e. The summed E-state index contributed by atoms with van der Waals surface area (Å²) in [6, 6.07) is 13.8. The number of halogens is 3. The topological polar surface area (TPSA) is 108 Å². The molecule has 0 radical (unpaired) electrons. The van der Waals surface area contributed by atoms with E-state index >= 15 is 0 Å². The molecule has 2 amide bonds. The summed E-state index contributed by atoms with van der Waals surface area (Å²) in [4.78, 5) is 38.6. The molecule has 0 unspecified atom stereocenters. The number of rotatable bonds is 9. The minimum atomic E-state index is -0.777. The summed E-state index contributed by atoms with van der Waals surface area (Å²) >= 11 is 7.53. The van der Waals surface area contributed by atoms with Gasteiger partial charge in [0.25, 0.3) is 11.8 Å². The molecule has 11 heteroatoms. The van der Waals surface area contributed by atoms with Crippen LogP contribution in [0, 0.1) is 18.6 Å². The molecule has 0 spiro atoms. The number of hydrogen-bond acceptors (Lipinski definition) is 6. The smallest absolute Gasteiger partial charge is 0.261 e. The fourth-order valence-electron chi connectivity index (χ4n) is 3.66. The molecule has 7 nitrogen and oxygen atoms in total.